The zero-order valence-corrected chi connectivity index (χ0v) is 10.4. The first-order chi connectivity index (χ1) is 9.43. The summed E-state index contributed by atoms with van der Waals surface area (Å²) in [6.07, 6.45) is -1.44. The van der Waals surface area contributed by atoms with E-state index in [2.05, 4.69) is 5.32 Å². The molecule has 1 aromatic carbocycles. The number of hydrogen-bond donors (Lipinski definition) is 3. The van der Waals surface area contributed by atoms with E-state index in [-0.39, 0.29) is 17.9 Å². The molecule has 1 fully saturated rings. The molecule has 1 heterocycles. The lowest BCUT2D eigenvalue weighted by atomic mass is 9.93. The van der Waals surface area contributed by atoms with E-state index in [1.807, 2.05) is 5.32 Å². The van der Waals surface area contributed by atoms with Crippen LogP contribution in [0.15, 0.2) is 12.1 Å². The summed E-state index contributed by atoms with van der Waals surface area (Å²) in [5, 5.41) is 13.0. The molecule has 8 heteroatoms. The SMILES string of the molecule is COc1cc(F)c([C@@H]2CNC(=O)[C@H]2NC(=O)O)c(F)c1. The Hall–Kier alpha value is -2.38. The number of hydrogen-bond acceptors (Lipinski definition) is 3. The van der Waals surface area contributed by atoms with E-state index >= 15 is 0 Å². The van der Waals surface area contributed by atoms with Crippen LogP contribution in [-0.4, -0.2) is 36.8 Å². The summed E-state index contributed by atoms with van der Waals surface area (Å²) in [4.78, 5) is 22.2. The molecule has 2 amide bonds. The van der Waals surface area contributed by atoms with Crippen molar-refractivity contribution in [3.05, 3.63) is 29.3 Å². The fourth-order valence-electron chi connectivity index (χ4n) is 2.22. The standard InChI is InChI=1S/C12H12F2N2O4/c1-20-5-2-7(13)9(8(14)3-5)6-4-15-11(17)10(6)16-12(18)19/h2-3,6,10,16H,4H2,1H3,(H,15,17)(H,18,19)/t6-,10-/m0/s1. The Morgan fingerprint density at radius 1 is 1.45 bits per heavy atom. The molecule has 1 aliphatic rings. The van der Waals surface area contributed by atoms with Crippen molar-refractivity contribution in [1.29, 1.82) is 0 Å². The third kappa shape index (κ3) is 2.49. The molecule has 2 atom stereocenters. The molecule has 1 aliphatic heterocycles. The maximum absolute atomic E-state index is 14.0. The highest BCUT2D eigenvalue weighted by molar-refractivity contribution is 5.88. The number of carbonyl (C=O) groups is 2. The summed E-state index contributed by atoms with van der Waals surface area (Å²) >= 11 is 0. The molecule has 0 saturated carbocycles. The molecule has 108 valence electrons. The number of halogens is 2. The van der Waals surface area contributed by atoms with E-state index in [1.165, 1.54) is 7.11 Å². The largest absolute Gasteiger partial charge is 0.497 e. The average Bonchev–Trinajstić information content (AvgIpc) is 2.70. The zero-order chi connectivity index (χ0) is 14.9. The lowest BCUT2D eigenvalue weighted by Crippen LogP contribution is -2.42. The molecule has 0 aromatic heterocycles. The van der Waals surface area contributed by atoms with Crippen molar-refractivity contribution in [2.24, 2.45) is 0 Å². The topological polar surface area (TPSA) is 87.7 Å². The van der Waals surface area contributed by atoms with Crippen LogP contribution in [0.2, 0.25) is 0 Å². The smallest absolute Gasteiger partial charge is 0.405 e. The highest BCUT2D eigenvalue weighted by Gasteiger charge is 2.39. The fraction of sp³-hybridized carbons (Fsp3) is 0.333. The van der Waals surface area contributed by atoms with E-state index < -0.39 is 35.6 Å². The lowest BCUT2D eigenvalue weighted by molar-refractivity contribution is -0.120. The van der Waals surface area contributed by atoms with Crippen molar-refractivity contribution < 1.29 is 28.2 Å². The Bertz CT molecular complexity index is 541. The molecule has 2 rings (SSSR count). The number of methoxy groups -OCH3 is 1. The van der Waals surface area contributed by atoms with Gasteiger partial charge in [-0.25, -0.2) is 13.6 Å². The monoisotopic (exact) mass is 286 g/mol. The molecule has 3 N–H and O–H groups in total. The van der Waals surface area contributed by atoms with Gasteiger partial charge in [-0.3, -0.25) is 4.79 Å². The van der Waals surface area contributed by atoms with Gasteiger partial charge >= 0.3 is 6.09 Å². The van der Waals surface area contributed by atoms with Crippen LogP contribution in [0, 0.1) is 11.6 Å². The van der Waals surface area contributed by atoms with Gasteiger partial charge in [0.15, 0.2) is 0 Å². The van der Waals surface area contributed by atoms with Gasteiger partial charge in [0.05, 0.1) is 7.11 Å². The molecule has 20 heavy (non-hydrogen) atoms. The second kappa shape index (κ2) is 5.32. The van der Waals surface area contributed by atoms with E-state index in [4.69, 9.17) is 9.84 Å². The number of carbonyl (C=O) groups excluding carboxylic acids is 1. The van der Waals surface area contributed by atoms with Crippen molar-refractivity contribution in [3.63, 3.8) is 0 Å². The van der Waals surface area contributed by atoms with Gasteiger partial charge in [0.25, 0.3) is 0 Å². The van der Waals surface area contributed by atoms with Crippen molar-refractivity contribution >= 4 is 12.0 Å². The number of rotatable bonds is 3. The summed E-state index contributed by atoms with van der Waals surface area (Å²) in [5.74, 6) is -3.35. The highest BCUT2D eigenvalue weighted by atomic mass is 19.1. The molecule has 1 aromatic rings. The van der Waals surface area contributed by atoms with Crippen molar-refractivity contribution in [3.8, 4) is 5.75 Å². The number of benzene rings is 1. The van der Waals surface area contributed by atoms with E-state index in [0.29, 0.717) is 0 Å². The minimum atomic E-state index is -1.44. The maximum Gasteiger partial charge on any atom is 0.405 e. The maximum atomic E-state index is 14.0. The first kappa shape index (κ1) is 14.0. The zero-order valence-electron chi connectivity index (χ0n) is 10.4. The Morgan fingerprint density at radius 2 is 2.05 bits per heavy atom. The van der Waals surface area contributed by atoms with Crippen LogP contribution < -0.4 is 15.4 Å². The summed E-state index contributed by atoms with van der Waals surface area (Å²) < 4.78 is 32.6. The summed E-state index contributed by atoms with van der Waals surface area (Å²) in [6, 6.07) is 0.739. The predicted molar refractivity (Wildman–Crippen MR) is 63.6 cm³/mol. The number of amides is 2. The normalized spacial score (nSPS) is 21.4. The van der Waals surface area contributed by atoms with Crippen molar-refractivity contribution in [2.45, 2.75) is 12.0 Å². The minimum absolute atomic E-state index is 0.00350. The Labute approximate surface area is 112 Å². The summed E-state index contributed by atoms with van der Waals surface area (Å²) in [6.45, 7) is -0.0516. The van der Waals surface area contributed by atoms with Gasteiger partial charge in [-0.15, -0.1) is 0 Å². The third-order valence-corrected chi connectivity index (χ3v) is 3.12. The lowest BCUT2D eigenvalue weighted by Gasteiger charge is -2.18. The Kier molecular flexibility index (Phi) is 3.73. The minimum Gasteiger partial charge on any atom is -0.497 e. The van der Waals surface area contributed by atoms with Crippen LogP contribution >= 0.6 is 0 Å². The molecule has 6 nitrogen and oxygen atoms in total. The first-order valence-corrected chi connectivity index (χ1v) is 5.74. The second-order valence-corrected chi connectivity index (χ2v) is 4.28. The first-order valence-electron chi connectivity index (χ1n) is 5.74. The van der Waals surface area contributed by atoms with Gasteiger partial charge in [0, 0.05) is 30.2 Å². The van der Waals surface area contributed by atoms with E-state index in [0.717, 1.165) is 12.1 Å². The molecule has 0 radical (unpaired) electrons. The van der Waals surface area contributed by atoms with Crippen molar-refractivity contribution in [2.75, 3.05) is 13.7 Å². The van der Waals surface area contributed by atoms with Crippen molar-refractivity contribution in [1.82, 2.24) is 10.6 Å². The van der Waals surface area contributed by atoms with Gasteiger partial charge < -0.3 is 20.5 Å². The molecule has 0 unspecified atom stereocenters. The summed E-state index contributed by atoms with van der Waals surface area (Å²) in [7, 11) is 1.27. The molecule has 0 bridgehead atoms. The highest BCUT2D eigenvalue weighted by Crippen LogP contribution is 2.31. The second-order valence-electron chi connectivity index (χ2n) is 4.28. The van der Waals surface area contributed by atoms with Gasteiger partial charge in [-0.05, 0) is 0 Å². The average molecular weight is 286 g/mol. The molecule has 1 saturated heterocycles. The van der Waals surface area contributed by atoms with Gasteiger partial charge in [0.1, 0.15) is 23.4 Å². The van der Waals surface area contributed by atoms with E-state index in [1.54, 1.807) is 0 Å². The Morgan fingerprint density at radius 3 is 2.55 bits per heavy atom. The van der Waals surface area contributed by atoms with Crippen LogP contribution in [0.4, 0.5) is 13.6 Å². The predicted octanol–water partition coefficient (Wildman–Crippen LogP) is 0.823. The van der Waals surface area contributed by atoms with Crippen LogP contribution in [0.5, 0.6) is 5.75 Å². The van der Waals surface area contributed by atoms with Gasteiger partial charge in [-0.1, -0.05) is 0 Å². The summed E-state index contributed by atoms with van der Waals surface area (Å²) in [5.41, 5.74) is -0.345. The molecule has 0 aliphatic carbocycles. The van der Waals surface area contributed by atoms with Crippen LogP contribution in [0.3, 0.4) is 0 Å². The Balaban J connectivity index is 2.39. The van der Waals surface area contributed by atoms with Crippen LogP contribution in [0.1, 0.15) is 11.5 Å². The van der Waals surface area contributed by atoms with Crippen LogP contribution in [-0.2, 0) is 4.79 Å². The number of ether oxygens (including phenoxy) is 1. The quantitative estimate of drug-likeness (QED) is 0.767. The van der Waals surface area contributed by atoms with Gasteiger partial charge in [-0.2, -0.15) is 0 Å². The van der Waals surface area contributed by atoms with Crippen LogP contribution in [0.25, 0.3) is 0 Å². The van der Waals surface area contributed by atoms with E-state index in [9.17, 15) is 18.4 Å². The fourth-order valence-corrected chi connectivity index (χ4v) is 2.22. The number of carboxylic acid groups (broad SMARTS) is 1. The molecular formula is C12H12F2N2O4. The third-order valence-electron chi connectivity index (χ3n) is 3.12. The number of nitrogens with one attached hydrogen (secondary N) is 2. The van der Waals surface area contributed by atoms with Gasteiger partial charge in [0.2, 0.25) is 5.91 Å². The molecule has 0 spiro atoms. The molecular weight excluding hydrogens is 274 g/mol.